The number of hydrogen-bond donors (Lipinski definition) is 3. The van der Waals surface area contributed by atoms with Gasteiger partial charge in [0.1, 0.15) is 5.56 Å². The van der Waals surface area contributed by atoms with Gasteiger partial charge < -0.3 is 15.6 Å². The molecule has 18 heavy (non-hydrogen) atoms. The number of amides is 1. The number of carbonyl (C=O) groups is 1. The van der Waals surface area contributed by atoms with Crippen molar-refractivity contribution in [2.75, 3.05) is 13.1 Å². The van der Waals surface area contributed by atoms with Crippen LogP contribution in [-0.4, -0.2) is 30.0 Å². The lowest BCUT2D eigenvalue weighted by Crippen LogP contribution is -2.33. The molecule has 1 aliphatic heterocycles. The van der Waals surface area contributed by atoms with Gasteiger partial charge in [0.05, 0.1) is 0 Å². The SMILES string of the molecule is Cc1ccc(C(=O)NCCC2CCCN2)c(=O)[nH]1. The molecular formula is C13H19N3O2. The van der Waals surface area contributed by atoms with Crippen LogP contribution in [0.5, 0.6) is 0 Å². The van der Waals surface area contributed by atoms with Gasteiger partial charge in [0.15, 0.2) is 0 Å². The molecule has 0 aliphatic carbocycles. The van der Waals surface area contributed by atoms with E-state index >= 15 is 0 Å². The summed E-state index contributed by atoms with van der Waals surface area (Å²) in [6.07, 6.45) is 3.28. The summed E-state index contributed by atoms with van der Waals surface area (Å²) in [6.45, 7) is 3.45. The van der Waals surface area contributed by atoms with Crippen molar-refractivity contribution in [1.29, 1.82) is 0 Å². The summed E-state index contributed by atoms with van der Waals surface area (Å²) in [7, 11) is 0. The van der Waals surface area contributed by atoms with Crippen LogP contribution in [-0.2, 0) is 0 Å². The van der Waals surface area contributed by atoms with E-state index in [9.17, 15) is 9.59 Å². The molecule has 98 valence electrons. The molecule has 5 nitrogen and oxygen atoms in total. The summed E-state index contributed by atoms with van der Waals surface area (Å²) in [6, 6.07) is 3.80. The van der Waals surface area contributed by atoms with Crippen molar-refractivity contribution in [1.82, 2.24) is 15.6 Å². The van der Waals surface area contributed by atoms with Crippen molar-refractivity contribution >= 4 is 5.91 Å². The molecule has 1 aliphatic rings. The Kier molecular flexibility index (Phi) is 4.15. The summed E-state index contributed by atoms with van der Waals surface area (Å²) in [5.74, 6) is -0.297. The number of aromatic nitrogens is 1. The smallest absolute Gasteiger partial charge is 0.260 e. The lowest BCUT2D eigenvalue weighted by atomic mass is 10.1. The average Bonchev–Trinajstić information content (AvgIpc) is 2.81. The first-order chi connectivity index (χ1) is 8.66. The third kappa shape index (κ3) is 3.20. The number of rotatable bonds is 4. The van der Waals surface area contributed by atoms with Gasteiger partial charge in [-0.2, -0.15) is 0 Å². The van der Waals surface area contributed by atoms with E-state index in [1.54, 1.807) is 19.1 Å². The van der Waals surface area contributed by atoms with Gasteiger partial charge in [-0.05, 0) is 44.9 Å². The van der Waals surface area contributed by atoms with E-state index in [2.05, 4.69) is 15.6 Å². The highest BCUT2D eigenvalue weighted by atomic mass is 16.2. The van der Waals surface area contributed by atoms with E-state index in [-0.39, 0.29) is 17.0 Å². The zero-order valence-electron chi connectivity index (χ0n) is 10.6. The third-order valence-corrected chi connectivity index (χ3v) is 3.24. The molecule has 0 spiro atoms. The van der Waals surface area contributed by atoms with Gasteiger partial charge in [0.2, 0.25) is 0 Å². The van der Waals surface area contributed by atoms with Crippen LogP contribution in [0.4, 0.5) is 0 Å². The van der Waals surface area contributed by atoms with Crippen molar-refractivity contribution in [3.63, 3.8) is 0 Å². The Bertz CT molecular complexity index is 475. The first-order valence-electron chi connectivity index (χ1n) is 6.38. The minimum atomic E-state index is -0.327. The topological polar surface area (TPSA) is 74.0 Å². The molecule has 5 heteroatoms. The largest absolute Gasteiger partial charge is 0.352 e. The monoisotopic (exact) mass is 249 g/mol. The normalized spacial score (nSPS) is 18.8. The lowest BCUT2D eigenvalue weighted by molar-refractivity contribution is 0.0951. The molecule has 1 amide bonds. The molecule has 1 unspecified atom stereocenters. The number of H-pyrrole nitrogens is 1. The number of aryl methyl sites for hydroxylation is 1. The molecule has 1 aromatic heterocycles. The highest BCUT2D eigenvalue weighted by molar-refractivity contribution is 5.93. The molecule has 0 bridgehead atoms. The summed E-state index contributed by atoms with van der Waals surface area (Å²) >= 11 is 0. The van der Waals surface area contributed by atoms with Crippen LogP contribution in [0.25, 0.3) is 0 Å². The minimum absolute atomic E-state index is 0.181. The van der Waals surface area contributed by atoms with Crippen LogP contribution in [0.15, 0.2) is 16.9 Å². The van der Waals surface area contributed by atoms with Crippen molar-refractivity contribution in [3.05, 3.63) is 33.7 Å². The molecule has 2 heterocycles. The van der Waals surface area contributed by atoms with E-state index in [1.165, 1.54) is 12.8 Å². The van der Waals surface area contributed by atoms with Crippen LogP contribution < -0.4 is 16.2 Å². The molecule has 0 aromatic carbocycles. The van der Waals surface area contributed by atoms with Gasteiger partial charge in [-0.1, -0.05) is 0 Å². The van der Waals surface area contributed by atoms with Crippen LogP contribution >= 0.6 is 0 Å². The predicted octanol–water partition coefficient (Wildman–Crippen LogP) is 0.555. The summed E-state index contributed by atoms with van der Waals surface area (Å²) in [5.41, 5.74) is 0.609. The zero-order valence-corrected chi connectivity index (χ0v) is 10.6. The Labute approximate surface area is 106 Å². The molecule has 1 saturated heterocycles. The highest BCUT2D eigenvalue weighted by Gasteiger charge is 2.14. The Morgan fingerprint density at radius 3 is 3.00 bits per heavy atom. The number of carbonyl (C=O) groups excluding carboxylic acids is 1. The van der Waals surface area contributed by atoms with Gasteiger partial charge in [-0.15, -0.1) is 0 Å². The molecule has 0 saturated carbocycles. The highest BCUT2D eigenvalue weighted by Crippen LogP contribution is 2.07. The fourth-order valence-corrected chi connectivity index (χ4v) is 2.21. The van der Waals surface area contributed by atoms with E-state index in [4.69, 9.17) is 0 Å². The average molecular weight is 249 g/mol. The van der Waals surface area contributed by atoms with Crippen LogP contribution in [0.2, 0.25) is 0 Å². The Balaban J connectivity index is 1.85. The van der Waals surface area contributed by atoms with E-state index in [1.807, 2.05) is 0 Å². The summed E-state index contributed by atoms with van der Waals surface area (Å²) in [4.78, 5) is 26.0. The van der Waals surface area contributed by atoms with Gasteiger partial charge in [0.25, 0.3) is 11.5 Å². The Hall–Kier alpha value is -1.62. The standard InChI is InChI=1S/C13H19N3O2/c1-9-4-5-11(13(18)16-9)12(17)15-8-6-10-3-2-7-14-10/h4-5,10,14H,2-3,6-8H2,1H3,(H,15,17)(H,16,18). The molecule has 0 radical (unpaired) electrons. The maximum absolute atomic E-state index is 11.8. The Morgan fingerprint density at radius 2 is 2.33 bits per heavy atom. The van der Waals surface area contributed by atoms with Crippen LogP contribution in [0.1, 0.15) is 35.3 Å². The predicted molar refractivity (Wildman–Crippen MR) is 69.8 cm³/mol. The van der Waals surface area contributed by atoms with E-state index < -0.39 is 0 Å². The zero-order chi connectivity index (χ0) is 13.0. The van der Waals surface area contributed by atoms with Crippen LogP contribution in [0.3, 0.4) is 0 Å². The fraction of sp³-hybridized carbons (Fsp3) is 0.538. The molecule has 3 N–H and O–H groups in total. The maximum atomic E-state index is 11.8. The van der Waals surface area contributed by atoms with Crippen molar-refractivity contribution in [2.45, 2.75) is 32.2 Å². The number of hydrogen-bond acceptors (Lipinski definition) is 3. The van der Waals surface area contributed by atoms with Gasteiger partial charge >= 0.3 is 0 Å². The fourth-order valence-electron chi connectivity index (χ4n) is 2.21. The third-order valence-electron chi connectivity index (χ3n) is 3.24. The number of nitrogens with one attached hydrogen (secondary N) is 3. The second kappa shape index (κ2) is 5.82. The van der Waals surface area contributed by atoms with Gasteiger partial charge in [-0.25, -0.2) is 0 Å². The van der Waals surface area contributed by atoms with Crippen molar-refractivity contribution in [3.8, 4) is 0 Å². The summed E-state index contributed by atoms with van der Waals surface area (Å²) in [5, 5.41) is 6.16. The van der Waals surface area contributed by atoms with Crippen molar-refractivity contribution < 1.29 is 4.79 Å². The quantitative estimate of drug-likeness (QED) is 0.729. The molecule has 1 fully saturated rings. The van der Waals surface area contributed by atoms with Gasteiger partial charge in [0, 0.05) is 18.3 Å². The molecule has 1 aromatic rings. The number of aromatic amines is 1. The maximum Gasteiger partial charge on any atom is 0.260 e. The number of pyridine rings is 1. The second-order valence-corrected chi connectivity index (χ2v) is 4.72. The minimum Gasteiger partial charge on any atom is -0.352 e. The first kappa shape index (κ1) is 12.8. The second-order valence-electron chi connectivity index (χ2n) is 4.72. The molecule has 2 rings (SSSR count). The summed E-state index contributed by atoms with van der Waals surface area (Å²) < 4.78 is 0. The van der Waals surface area contributed by atoms with E-state index in [0.29, 0.717) is 12.6 Å². The Morgan fingerprint density at radius 1 is 1.50 bits per heavy atom. The van der Waals surface area contributed by atoms with Crippen LogP contribution in [0, 0.1) is 6.92 Å². The van der Waals surface area contributed by atoms with Crippen molar-refractivity contribution in [2.24, 2.45) is 0 Å². The first-order valence-corrected chi connectivity index (χ1v) is 6.38. The lowest BCUT2D eigenvalue weighted by Gasteiger charge is -2.10. The molecular weight excluding hydrogens is 230 g/mol. The van der Waals surface area contributed by atoms with Gasteiger partial charge in [-0.3, -0.25) is 9.59 Å². The van der Waals surface area contributed by atoms with E-state index in [0.717, 1.165) is 18.7 Å². The molecule has 1 atom stereocenters.